The number of hydrogen-bond donors (Lipinski definition) is 2. The van der Waals surface area contributed by atoms with Gasteiger partial charge in [0.15, 0.2) is 11.6 Å². The van der Waals surface area contributed by atoms with Crippen LogP contribution in [0.25, 0.3) is 11.0 Å². The highest BCUT2D eigenvalue weighted by Crippen LogP contribution is 2.18. The summed E-state index contributed by atoms with van der Waals surface area (Å²) >= 11 is 0. The van der Waals surface area contributed by atoms with Gasteiger partial charge in [-0.1, -0.05) is 12.1 Å². The number of nitrogens with one attached hydrogen (secondary N) is 1. The summed E-state index contributed by atoms with van der Waals surface area (Å²) in [7, 11) is 0. The van der Waals surface area contributed by atoms with Crippen LogP contribution in [0.4, 0.5) is 11.6 Å². The lowest BCUT2D eigenvalue weighted by molar-refractivity contribution is 0.518. The molecule has 0 amide bonds. The highest BCUT2D eigenvalue weighted by molar-refractivity contribution is 5.79. The molecule has 90 valence electrons. The summed E-state index contributed by atoms with van der Waals surface area (Å²) in [6.07, 6.45) is 1.63. The molecule has 0 spiro atoms. The predicted molar refractivity (Wildman–Crippen MR) is 70.0 cm³/mol. The number of hydrogen-bond acceptors (Lipinski definition) is 5. The molecule has 3 rings (SSSR count). The number of nitrogen functional groups attached to an aromatic ring is 1. The Kier molecular flexibility index (Phi) is 2.57. The minimum atomic E-state index is 0.389. The summed E-state index contributed by atoms with van der Waals surface area (Å²) in [4.78, 5) is 8.73. The summed E-state index contributed by atoms with van der Waals surface area (Å²) in [5.74, 6) is 1.79. The smallest absolute Gasteiger partial charge is 0.169 e. The first-order valence-corrected chi connectivity index (χ1v) is 5.61. The normalized spacial score (nSPS) is 10.7. The Hall–Kier alpha value is -2.56. The highest BCUT2D eigenvalue weighted by atomic mass is 16.3. The van der Waals surface area contributed by atoms with E-state index < -0.39 is 0 Å². The van der Waals surface area contributed by atoms with Crippen molar-refractivity contribution in [1.29, 1.82) is 0 Å². The van der Waals surface area contributed by atoms with E-state index in [1.165, 1.54) is 0 Å². The third-order valence-corrected chi connectivity index (χ3v) is 2.61. The van der Waals surface area contributed by atoms with Crippen molar-refractivity contribution in [2.75, 3.05) is 11.1 Å². The van der Waals surface area contributed by atoms with Gasteiger partial charge in [-0.15, -0.1) is 0 Å². The molecule has 2 aromatic heterocycles. The van der Waals surface area contributed by atoms with Gasteiger partial charge in [0.05, 0.1) is 23.8 Å². The van der Waals surface area contributed by atoms with Crippen molar-refractivity contribution in [3.05, 3.63) is 48.4 Å². The Bertz CT molecular complexity index is 664. The van der Waals surface area contributed by atoms with Crippen LogP contribution < -0.4 is 11.1 Å². The molecule has 3 aromatic rings. The first-order valence-electron chi connectivity index (χ1n) is 5.61. The van der Waals surface area contributed by atoms with Crippen LogP contribution >= 0.6 is 0 Å². The maximum atomic E-state index is 5.86. The van der Waals surface area contributed by atoms with Crippen molar-refractivity contribution >= 4 is 22.7 Å². The number of nitrogens with zero attached hydrogens (tertiary/aromatic N) is 2. The van der Waals surface area contributed by atoms with Crippen LogP contribution in [-0.2, 0) is 6.54 Å². The van der Waals surface area contributed by atoms with Crippen LogP contribution in [0.1, 0.15) is 5.76 Å². The van der Waals surface area contributed by atoms with Gasteiger partial charge < -0.3 is 15.5 Å². The summed E-state index contributed by atoms with van der Waals surface area (Å²) in [5.41, 5.74) is 7.46. The Morgan fingerprint density at radius 1 is 1.06 bits per heavy atom. The Morgan fingerprint density at radius 2 is 1.83 bits per heavy atom. The van der Waals surface area contributed by atoms with E-state index in [0.29, 0.717) is 18.2 Å². The van der Waals surface area contributed by atoms with Gasteiger partial charge in [0, 0.05) is 0 Å². The van der Waals surface area contributed by atoms with Crippen molar-refractivity contribution in [3.63, 3.8) is 0 Å². The highest BCUT2D eigenvalue weighted by Gasteiger charge is 2.05. The zero-order chi connectivity index (χ0) is 12.4. The minimum absolute atomic E-state index is 0.389. The molecular formula is C13H12N4O. The first-order chi connectivity index (χ1) is 8.83. The lowest BCUT2D eigenvalue weighted by Crippen LogP contribution is -2.06. The fourth-order valence-electron chi connectivity index (χ4n) is 1.73. The zero-order valence-electron chi connectivity index (χ0n) is 9.63. The third kappa shape index (κ3) is 1.98. The molecule has 5 heteroatoms. The second-order valence-corrected chi connectivity index (χ2v) is 3.88. The van der Waals surface area contributed by atoms with E-state index in [2.05, 4.69) is 15.3 Å². The monoisotopic (exact) mass is 240 g/mol. The van der Waals surface area contributed by atoms with Crippen LogP contribution in [-0.4, -0.2) is 9.97 Å². The SMILES string of the molecule is Nc1nc2ccccc2nc1NCc1ccco1. The fourth-order valence-corrected chi connectivity index (χ4v) is 1.73. The van der Waals surface area contributed by atoms with Crippen LogP contribution in [0.15, 0.2) is 47.1 Å². The van der Waals surface area contributed by atoms with E-state index in [9.17, 15) is 0 Å². The molecule has 0 fully saturated rings. The second-order valence-electron chi connectivity index (χ2n) is 3.88. The molecule has 0 atom stereocenters. The molecule has 5 nitrogen and oxygen atoms in total. The Labute approximate surface area is 104 Å². The average molecular weight is 240 g/mol. The van der Waals surface area contributed by atoms with Gasteiger partial charge in [-0.05, 0) is 24.3 Å². The number of fused-ring (bicyclic) bond motifs is 1. The molecule has 3 N–H and O–H groups in total. The van der Waals surface area contributed by atoms with Gasteiger partial charge >= 0.3 is 0 Å². The van der Waals surface area contributed by atoms with Crippen molar-refractivity contribution in [1.82, 2.24) is 9.97 Å². The Morgan fingerprint density at radius 3 is 2.56 bits per heavy atom. The molecule has 0 unspecified atom stereocenters. The van der Waals surface area contributed by atoms with E-state index in [0.717, 1.165) is 16.8 Å². The average Bonchev–Trinajstić information content (AvgIpc) is 2.89. The minimum Gasteiger partial charge on any atom is -0.467 e. The summed E-state index contributed by atoms with van der Waals surface area (Å²) in [6, 6.07) is 11.3. The molecule has 0 saturated carbocycles. The van der Waals surface area contributed by atoms with Crippen LogP contribution in [0.3, 0.4) is 0 Å². The molecule has 0 aliphatic carbocycles. The molecular weight excluding hydrogens is 228 g/mol. The zero-order valence-corrected chi connectivity index (χ0v) is 9.63. The van der Waals surface area contributed by atoms with Gasteiger partial charge in [0.1, 0.15) is 5.76 Å². The number of anilines is 2. The van der Waals surface area contributed by atoms with Gasteiger partial charge in [0.2, 0.25) is 0 Å². The van der Waals surface area contributed by atoms with Crippen molar-refractivity contribution in [2.45, 2.75) is 6.54 Å². The maximum absolute atomic E-state index is 5.86. The molecule has 1 aromatic carbocycles. The second kappa shape index (κ2) is 4.37. The summed E-state index contributed by atoms with van der Waals surface area (Å²) in [5, 5.41) is 3.12. The summed E-state index contributed by atoms with van der Waals surface area (Å²) < 4.78 is 5.23. The van der Waals surface area contributed by atoms with Crippen LogP contribution in [0.5, 0.6) is 0 Å². The largest absolute Gasteiger partial charge is 0.467 e. The predicted octanol–water partition coefficient (Wildman–Crippen LogP) is 2.42. The fraction of sp³-hybridized carbons (Fsp3) is 0.0769. The number of nitrogens with two attached hydrogens (primary N) is 1. The van der Waals surface area contributed by atoms with Crippen LogP contribution in [0, 0.1) is 0 Å². The molecule has 0 aliphatic heterocycles. The molecule has 0 radical (unpaired) electrons. The van der Waals surface area contributed by atoms with Crippen molar-refractivity contribution in [3.8, 4) is 0 Å². The van der Waals surface area contributed by atoms with Gasteiger partial charge in [-0.3, -0.25) is 0 Å². The number of rotatable bonds is 3. The molecule has 0 aliphatic rings. The van der Waals surface area contributed by atoms with Crippen molar-refractivity contribution in [2.24, 2.45) is 0 Å². The lowest BCUT2D eigenvalue weighted by Gasteiger charge is -2.07. The molecule has 18 heavy (non-hydrogen) atoms. The Balaban J connectivity index is 1.89. The topological polar surface area (TPSA) is 77.0 Å². The third-order valence-electron chi connectivity index (χ3n) is 2.61. The van der Waals surface area contributed by atoms with Crippen molar-refractivity contribution < 1.29 is 4.42 Å². The standard InChI is InChI=1S/C13H12N4O/c14-12-13(15-8-9-4-3-7-18-9)17-11-6-2-1-5-10(11)16-12/h1-7H,8H2,(H2,14,16)(H,15,17). The van der Waals surface area contributed by atoms with E-state index in [1.807, 2.05) is 36.4 Å². The number of aromatic nitrogens is 2. The van der Waals surface area contributed by atoms with E-state index in [-0.39, 0.29) is 0 Å². The number of furan rings is 1. The van der Waals surface area contributed by atoms with Gasteiger partial charge in [-0.25, -0.2) is 9.97 Å². The molecule has 0 bridgehead atoms. The number of para-hydroxylation sites is 2. The van der Waals surface area contributed by atoms with E-state index in [4.69, 9.17) is 10.2 Å². The van der Waals surface area contributed by atoms with Crippen LogP contribution in [0.2, 0.25) is 0 Å². The quantitative estimate of drug-likeness (QED) is 0.735. The van der Waals surface area contributed by atoms with Gasteiger partial charge in [-0.2, -0.15) is 0 Å². The van der Waals surface area contributed by atoms with Gasteiger partial charge in [0.25, 0.3) is 0 Å². The maximum Gasteiger partial charge on any atom is 0.169 e. The van der Waals surface area contributed by atoms with E-state index in [1.54, 1.807) is 6.26 Å². The summed E-state index contributed by atoms with van der Waals surface area (Å²) in [6.45, 7) is 0.532. The lowest BCUT2D eigenvalue weighted by atomic mass is 10.3. The molecule has 0 saturated heterocycles. The van der Waals surface area contributed by atoms with E-state index >= 15 is 0 Å². The number of benzene rings is 1. The molecule has 2 heterocycles. The first kappa shape index (κ1) is 10.6.